The summed E-state index contributed by atoms with van der Waals surface area (Å²) in [5.41, 5.74) is 3.31. The van der Waals surface area contributed by atoms with Gasteiger partial charge in [0.2, 0.25) is 0 Å². The van der Waals surface area contributed by atoms with Crippen molar-refractivity contribution >= 4 is 17.6 Å². The van der Waals surface area contributed by atoms with Crippen LogP contribution in [0.15, 0.2) is 54.6 Å². The van der Waals surface area contributed by atoms with Gasteiger partial charge in [0.15, 0.2) is 0 Å². The number of hydrogen-bond acceptors (Lipinski definition) is 2. The van der Waals surface area contributed by atoms with Crippen LogP contribution in [0.3, 0.4) is 0 Å². The SMILES string of the molecule is C=C(C)C(=O)Nc1ccccc1C#Cc1ccc(C(=O)O)c(C)c1. The van der Waals surface area contributed by atoms with E-state index in [1.807, 2.05) is 12.1 Å². The number of benzene rings is 2. The Kier molecular flexibility index (Phi) is 5.18. The van der Waals surface area contributed by atoms with Gasteiger partial charge in [0.1, 0.15) is 0 Å². The molecule has 2 aromatic carbocycles. The van der Waals surface area contributed by atoms with Gasteiger partial charge in [-0.15, -0.1) is 0 Å². The molecule has 1 amide bonds. The van der Waals surface area contributed by atoms with E-state index in [2.05, 4.69) is 23.7 Å². The van der Waals surface area contributed by atoms with Gasteiger partial charge in [0, 0.05) is 16.7 Å². The fourth-order valence-electron chi connectivity index (χ4n) is 2.05. The molecule has 0 aliphatic heterocycles. The Morgan fingerprint density at radius 1 is 1.12 bits per heavy atom. The van der Waals surface area contributed by atoms with Crippen LogP contribution < -0.4 is 5.32 Å². The summed E-state index contributed by atoms with van der Waals surface area (Å²) < 4.78 is 0. The van der Waals surface area contributed by atoms with Crippen molar-refractivity contribution < 1.29 is 14.7 Å². The molecule has 0 aliphatic carbocycles. The molecule has 2 rings (SSSR count). The number of amides is 1. The summed E-state index contributed by atoms with van der Waals surface area (Å²) in [6.07, 6.45) is 0. The largest absolute Gasteiger partial charge is 0.478 e. The Hall–Kier alpha value is -3.32. The predicted octanol–water partition coefficient (Wildman–Crippen LogP) is 3.61. The molecule has 0 radical (unpaired) electrons. The third-order valence-electron chi connectivity index (χ3n) is 3.36. The number of carboxylic acids is 1. The lowest BCUT2D eigenvalue weighted by Gasteiger charge is -2.06. The van der Waals surface area contributed by atoms with Gasteiger partial charge in [-0.2, -0.15) is 0 Å². The second-order valence-electron chi connectivity index (χ2n) is 5.36. The molecule has 2 N–H and O–H groups in total. The zero-order chi connectivity index (χ0) is 17.7. The van der Waals surface area contributed by atoms with Crippen molar-refractivity contribution in [2.75, 3.05) is 5.32 Å². The summed E-state index contributed by atoms with van der Waals surface area (Å²) in [5.74, 6) is 4.79. The fourth-order valence-corrected chi connectivity index (χ4v) is 2.05. The summed E-state index contributed by atoms with van der Waals surface area (Å²) in [5, 5.41) is 11.8. The van der Waals surface area contributed by atoms with Crippen LogP contribution in [-0.4, -0.2) is 17.0 Å². The van der Waals surface area contributed by atoms with Crippen LogP contribution in [0.1, 0.15) is 34.0 Å². The van der Waals surface area contributed by atoms with Crippen molar-refractivity contribution in [3.05, 3.63) is 76.9 Å². The lowest BCUT2D eigenvalue weighted by Crippen LogP contribution is -2.12. The summed E-state index contributed by atoms with van der Waals surface area (Å²) in [6.45, 7) is 6.98. The number of aryl methyl sites for hydroxylation is 1. The van der Waals surface area contributed by atoms with Crippen LogP contribution in [0.5, 0.6) is 0 Å². The van der Waals surface area contributed by atoms with Gasteiger partial charge in [-0.3, -0.25) is 4.79 Å². The molecule has 0 unspecified atom stereocenters. The first-order valence-corrected chi connectivity index (χ1v) is 7.30. The Bertz CT molecular complexity index is 885. The molecule has 4 nitrogen and oxygen atoms in total. The molecular formula is C20H17NO3. The van der Waals surface area contributed by atoms with Gasteiger partial charge in [-0.25, -0.2) is 4.79 Å². The zero-order valence-electron chi connectivity index (χ0n) is 13.5. The van der Waals surface area contributed by atoms with Crippen LogP contribution >= 0.6 is 0 Å². The van der Waals surface area contributed by atoms with Gasteiger partial charge >= 0.3 is 5.97 Å². The highest BCUT2D eigenvalue weighted by Gasteiger charge is 2.07. The average Bonchev–Trinajstić information content (AvgIpc) is 2.53. The maximum Gasteiger partial charge on any atom is 0.335 e. The lowest BCUT2D eigenvalue weighted by molar-refractivity contribution is -0.112. The normalized spacial score (nSPS) is 9.58. The predicted molar refractivity (Wildman–Crippen MR) is 94.0 cm³/mol. The monoisotopic (exact) mass is 319 g/mol. The number of rotatable bonds is 3. The standard InChI is InChI=1S/C20H17NO3/c1-13(2)19(22)21-18-7-5-4-6-16(18)10-8-15-9-11-17(20(23)24)14(3)12-15/h4-7,9,11-12H,1H2,2-3H3,(H,21,22)(H,23,24). The van der Waals surface area contributed by atoms with Crippen LogP contribution in [0, 0.1) is 18.8 Å². The second kappa shape index (κ2) is 7.30. The molecule has 0 atom stereocenters. The topological polar surface area (TPSA) is 66.4 Å². The molecule has 120 valence electrons. The van der Waals surface area contributed by atoms with E-state index in [-0.39, 0.29) is 11.5 Å². The van der Waals surface area contributed by atoms with Crippen molar-refractivity contribution in [1.82, 2.24) is 0 Å². The van der Waals surface area contributed by atoms with Crippen molar-refractivity contribution in [3.63, 3.8) is 0 Å². The highest BCUT2D eigenvalue weighted by molar-refractivity contribution is 6.03. The molecule has 0 spiro atoms. The number of aromatic carboxylic acids is 1. The molecule has 0 aliphatic rings. The van der Waals surface area contributed by atoms with Crippen molar-refractivity contribution in [2.45, 2.75) is 13.8 Å². The Morgan fingerprint density at radius 3 is 2.46 bits per heavy atom. The van der Waals surface area contributed by atoms with E-state index in [1.165, 1.54) is 6.07 Å². The van der Waals surface area contributed by atoms with E-state index < -0.39 is 5.97 Å². The van der Waals surface area contributed by atoms with Gasteiger partial charge in [0.05, 0.1) is 11.3 Å². The molecule has 4 heteroatoms. The van der Waals surface area contributed by atoms with Gasteiger partial charge < -0.3 is 10.4 Å². The van der Waals surface area contributed by atoms with Crippen LogP contribution in [0.4, 0.5) is 5.69 Å². The summed E-state index contributed by atoms with van der Waals surface area (Å²) >= 11 is 0. The molecular weight excluding hydrogens is 302 g/mol. The molecule has 2 aromatic rings. The quantitative estimate of drug-likeness (QED) is 0.671. The molecule has 0 saturated carbocycles. The van der Waals surface area contributed by atoms with Crippen molar-refractivity contribution in [3.8, 4) is 11.8 Å². The minimum Gasteiger partial charge on any atom is -0.478 e. The van der Waals surface area contributed by atoms with E-state index in [0.717, 1.165) is 0 Å². The van der Waals surface area contributed by atoms with Crippen LogP contribution in [-0.2, 0) is 4.79 Å². The third kappa shape index (κ3) is 4.11. The molecule has 0 aromatic heterocycles. The number of carboxylic acid groups (broad SMARTS) is 1. The number of anilines is 1. The Morgan fingerprint density at radius 2 is 1.83 bits per heavy atom. The molecule has 0 heterocycles. The fraction of sp³-hybridized carbons (Fsp3) is 0.100. The zero-order valence-corrected chi connectivity index (χ0v) is 13.5. The average molecular weight is 319 g/mol. The van der Waals surface area contributed by atoms with E-state index >= 15 is 0 Å². The number of para-hydroxylation sites is 1. The van der Waals surface area contributed by atoms with Gasteiger partial charge in [-0.05, 0) is 49.7 Å². The van der Waals surface area contributed by atoms with E-state index in [0.29, 0.717) is 28.0 Å². The number of carbonyl (C=O) groups excluding carboxylic acids is 1. The number of nitrogens with one attached hydrogen (secondary N) is 1. The van der Waals surface area contributed by atoms with Crippen LogP contribution in [0.2, 0.25) is 0 Å². The van der Waals surface area contributed by atoms with Crippen molar-refractivity contribution in [1.29, 1.82) is 0 Å². The minimum atomic E-state index is -0.958. The maximum atomic E-state index is 11.8. The smallest absolute Gasteiger partial charge is 0.335 e. The maximum absolute atomic E-state index is 11.8. The van der Waals surface area contributed by atoms with E-state index in [1.54, 1.807) is 38.1 Å². The Labute approximate surface area is 140 Å². The van der Waals surface area contributed by atoms with E-state index in [9.17, 15) is 9.59 Å². The van der Waals surface area contributed by atoms with Crippen LogP contribution in [0.25, 0.3) is 0 Å². The number of hydrogen-bond donors (Lipinski definition) is 2. The molecule has 0 bridgehead atoms. The first-order chi connectivity index (χ1) is 11.4. The highest BCUT2D eigenvalue weighted by atomic mass is 16.4. The summed E-state index contributed by atoms with van der Waals surface area (Å²) in [7, 11) is 0. The van der Waals surface area contributed by atoms with Gasteiger partial charge in [-0.1, -0.05) is 30.6 Å². The van der Waals surface area contributed by atoms with Crippen molar-refractivity contribution in [2.24, 2.45) is 0 Å². The molecule has 24 heavy (non-hydrogen) atoms. The number of carbonyl (C=O) groups is 2. The second-order valence-corrected chi connectivity index (χ2v) is 5.36. The minimum absolute atomic E-state index is 0.258. The molecule has 0 saturated heterocycles. The summed E-state index contributed by atoms with van der Waals surface area (Å²) in [4.78, 5) is 22.8. The molecule has 0 fully saturated rings. The van der Waals surface area contributed by atoms with E-state index in [4.69, 9.17) is 5.11 Å². The highest BCUT2D eigenvalue weighted by Crippen LogP contribution is 2.15. The lowest BCUT2D eigenvalue weighted by atomic mass is 10.0. The first kappa shape index (κ1) is 17.0. The van der Waals surface area contributed by atoms with Gasteiger partial charge in [0.25, 0.3) is 5.91 Å². The first-order valence-electron chi connectivity index (χ1n) is 7.30. The summed E-state index contributed by atoms with van der Waals surface area (Å²) in [6, 6.07) is 12.1. The third-order valence-corrected chi connectivity index (χ3v) is 3.36. The Balaban J connectivity index is 2.31.